The first-order valence-electron chi connectivity index (χ1n) is 11.2. The number of rotatable bonds is 7. The summed E-state index contributed by atoms with van der Waals surface area (Å²) in [6.45, 7) is 10.7. The van der Waals surface area contributed by atoms with E-state index in [2.05, 4.69) is 15.5 Å². The third kappa shape index (κ3) is 6.59. The molecule has 2 N–H and O–H groups in total. The van der Waals surface area contributed by atoms with Gasteiger partial charge in [-0.05, 0) is 84.4 Å². The number of carbonyl (C=O) groups excluding carboxylic acids is 2. The predicted octanol–water partition coefficient (Wildman–Crippen LogP) is 3.77. The Balaban J connectivity index is 1.49. The molecule has 1 unspecified atom stereocenters. The van der Waals surface area contributed by atoms with Crippen LogP contribution >= 0.6 is 11.6 Å². The summed E-state index contributed by atoms with van der Waals surface area (Å²) in [5.41, 5.74) is -1.20. The van der Waals surface area contributed by atoms with Crippen LogP contribution in [0.1, 0.15) is 60.3 Å². The monoisotopic (exact) mass is 449 g/mol. The van der Waals surface area contributed by atoms with Crippen molar-refractivity contribution in [3.05, 3.63) is 29.3 Å². The zero-order valence-electron chi connectivity index (χ0n) is 19.3. The van der Waals surface area contributed by atoms with E-state index in [9.17, 15) is 9.59 Å². The molecule has 31 heavy (non-hydrogen) atoms. The summed E-state index contributed by atoms with van der Waals surface area (Å²) in [5, 5.41) is 6.73. The van der Waals surface area contributed by atoms with Gasteiger partial charge in [0, 0.05) is 29.2 Å². The van der Waals surface area contributed by atoms with E-state index in [1.807, 2.05) is 20.8 Å². The lowest BCUT2D eigenvalue weighted by Crippen LogP contribution is -2.53. The Morgan fingerprint density at radius 1 is 1.13 bits per heavy atom. The number of ether oxygens (including phenoxy) is 1. The number of amides is 2. The highest BCUT2D eigenvalue weighted by Crippen LogP contribution is 2.38. The van der Waals surface area contributed by atoms with E-state index in [0.717, 1.165) is 25.7 Å². The highest BCUT2D eigenvalue weighted by molar-refractivity contribution is 6.30. The van der Waals surface area contributed by atoms with Gasteiger partial charge in [-0.15, -0.1) is 0 Å². The smallest absolute Gasteiger partial charge is 0.263 e. The lowest BCUT2D eigenvalue weighted by atomic mass is 9.90. The molecule has 3 rings (SSSR count). The van der Waals surface area contributed by atoms with E-state index in [1.165, 1.54) is 0 Å². The molecule has 2 fully saturated rings. The van der Waals surface area contributed by atoms with E-state index in [1.54, 1.807) is 38.1 Å². The average Bonchev–Trinajstić information content (AvgIpc) is 2.86. The van der Waals surface area contributed by atoms with Crippen LogP contribution in [0.25, 0.3) is 0 Å². The maximum Gasteiger partial charge on any atom is 0.263 e. The molecule has 0 spiro atoms. The van der Waals surface area contributed by atoms with Crippen LogP contribution in [0.2, 0.25) is 5.02 Å². The molecule has 6 nitrogen and oxygen atoms in total. The van der Waals surface area contributed by atoms with Crippen molar-refractivity contribution < 1.29 is 14.3 Å². The summed E-state index contributed by atoms with van der Waals surface area (Å²) in [7, 11) is 0. The fourth-order valence-corrected chi connectivity index (χ4v) is 4.94. The zero-order valence-corrected chi connectivity index (χ0v) is 20.1. The Kier molecular flexibility index (Phi) is 7.21. The Morgan fingerprint density at radius 3 is 2.35 bits per heavy atom. The summed E-state index contributed by atoms with van der Waals surface area (Å²) in [5.74, 6) is 0.959. The molecule has 7 heteroatoms. The van der Waals surface area contributed by atoms with Gasteiger partial charge in [0.25, 0.3) is 5.91 Å². The largest absolute Gasteiger partial charge is 0.478 e. The van der Waals surface area contributed by atoms with Gasteiger partial charge in [0.05, 0.1) is 6.54 Å². The van der Waals surface area contributed by atoms with Crippen LogP contribution in [0, 0.1) is 5.92 Å². The molecule has 172 valence electrons. The number of nitrogens with one attached hydrogen (secondary N) is 2. The van der Waals surface area contributed by atoms with E-state index in [0.29, 0.717) is 41.9 Å². The van der Waals surface area contributed by atoms with Crippen LogP contribution in [0.15, 0.2) is 24.3 Å². The van der Waals surface area contributed by atoms with Gasteiger partial charge in [-0.25, -0.2) is 0 Å². The van der Waals surface area contributed by atoms with Gasteiger partial charge >= 0.3 is 0 Å². The number of halogens is 1. The maximum absolute atomic E-state index is 12.8. The highest BCUT2D eigenvalue weighted by atomic mass is 35.5. The average molecular weight is 450 g/mol. The molecular weight excluding hydrogens is 414 g/mol. The van der Waals surface area contributed by atoms with Crippen molar-refractivity contribution in [1.82, 2.24) is 15.5 Å². The summed E-state index contributed by atoms with van der Waals surface area (Å²) in [6.07, 6.45) is 4.27. The van der Waals surface area contributed by atoms with Crippen LogP contribution < -0.4 is 15.4 Å². The van der Waals surface area contributed by atoms with Crippen molar-refractivity contribution in [2.75, 3.05) is 13.1 Å². The molecule has 2 aliphatic heterocycles. The first-order valence-corrected chi connectivity index (χ1v) is 11.6. The van der Waals surface area contributed by atoms with Gasteiger partial charge in [0.15, 0.2) is 5.60 Å². The summed E-state index contributed by atoms with van der Waals surface area (Å²) >= 11 is 6.01. The molecule has 0 saturated carbocycles. The number of carbonyl (C=O) groups is 2. The lowest BCUT2D eigenvalue weighted by Gasteiger charge is -2.39. The molecule has 0 aliphatic carbocycles. The van der Waals surface area contributed by atoms with Crippen LogP contribution in [-0.4, -0.2) is 53.0 Å². The molecule has 3 atom stereocenters. The van der Waals surface area contributed by atoms with Crippen molar-refractivity contribution in [1.29, 1.82) is 0 Å². The number of fused-ring (bicyclic) bond motifs is 2. The number of piperidine rings is 1. The van der Waals surface area contributed by atoms with Crippen LogP contribution in [-0.2, 0) is 9.59 Å². The molecule has 2 aliphatic rings. The third-order valence-corrected chi connectivity index (χ3v) is 6.32. The molecule has 2 bridgehead atoms. The minimum Gasteiger partial charge on any atom is -0.478 e. The lowest BCUT2D eigenvalue weighted by molar-refractivity contribution is -0.134. The summed E-state index contributed by atoms with van der Waals surface area (Å²) in [4.78, 5) is 27.5. The van der Waals surface area contributed by atoms with E-state index >= 15 is 0 Å². The fourth-order valence-electron chi connectivity index (χ4n) is 4.76. The van der Waals surface area contributed by atoms with Crippen molar-refractivity contribution in [3.8, 4) is 5.75 Å². The summed E-state index contributed by atoms with van der Waals surface area (Å²) < 4.78 is 5.89. The second kappa shape index (κ2) is 9.37. The number of benzene rings is 1. The standard InChI is InChI=1S/C24H36ClN3O3/c1-23(2,3)27-21(29)15-28-18-9-10-19(28)12-16(11-18)14-26-22(30)24(4,5)31-20-8-6-7-17(25)13-20/h6-8,13,16,18-19H,9-12,14-15H2,1-5H3,(H,26,30)(H,27,29)/t16?,18-,19+. The van der Waals surface area contributed by atoms with Gasteiger partial charge in [-0.1, -0.05) is 17.7 Å². The number of nitrogens with zero attached hydrogens (tertiary/aromatic N) is 1. The quantitative estimate of drug-likeness (QED) is 0.664. The minimum absolute atomic E-state index is 0.0936. The summed E-state index contributed by atoms with van der Waals surface area (Å²) in [6, 6.07) is 7.92. The highest BCUT2D eigenvalue weighted by Gasteiger charge is 2.42. The molecule has 0 aromatic heterocycles. The van der Waals surface area contributed by atoms with Crippen LogP contribution in [0.3, 0.4) is 0 Å². The predicted molar refractivity (Wildman–Crippen MR) is 123 cm³/mol. The normalized spacial score (nSPS) is 24.0. The second-order valence-electron chi connectivity index (χ2n) is 10.5. The van der Waals surface area contributed by atoms with Gasteiger partial charge in [0.2, 0.25) is 5.91 Å². The Bertz CT molecular complexity index is 792. The Morgan fingerprint density at radius 2 is 1.77 bits per heavy atom. The molecule has 2 saturated heterocycles. The second-order valence-corrected chi connectivity index (χ2v) is 10.9. The topological polar surface area (TPSA) is 70.7 Å². The minimum atomic E-state index is -0.991. The Hall–Kier alpha value is -1.79. The third-order valence-electron chi connectivity index (χ3n) is 6.09. The Labute approximate surface area is 191 Å². The van der Waals surface area contributed by atoms with Gasteiger partial charge < -0.3 is 15.4 Å². The number of hydrogen-bond acceptors (Lipinski definition) is 4. The van der Waals surface area contributed by atoms with E-state index < -0.39 is 5.60 Å². The van der Waals surface area contributed by atoms with Gasteiger partial charge in [-0.2, -0.15) is 0 Å². The van der Waals surface area contributed by atoms with Gasteiger partial charge in [0.1, 0.15) is 5.75 Å². The van der Waals surface area contributed by atoms with Crippen LogP contribution in [0.4, 0.5) is 0 Å². The van der Waals surface area contributed by atoms with Crippen molar-refractivity contribution >= 4 is 23.4 Å². The molecule has 1 aromatic rings. The van der Waals surface area contributed by atoms with Crippen LogP contribution in [0.5, 0.6) is 5.75 Å². The first-order chi connectivity index (χ1) is 14.4. The first kappa shape index (κ1) is 23.9. The van der Waals surface area contributed by atoms with E-state index in [4.69, 9.17) is 16.3 Å². The molecule has 2 amide bonds. The fraction of sp³-hybridized carbons (Fsp3) is 0.667. The van der Waals surface area contributed by atoms with E-state index in [-0.39, 0.29) is 17.4 Å². The zero-order chi connectivity index (χ0) is 22.8. The van der Waals surface area contributed by atoms with Crippen molar-refractivity contribution in [2.45, 2.75) is 83.5 Å². The number of hydrogen-bond donors (Lipinski definition) is 2. The van der Waals surface area contributed by atoms with Crippen molar-refractivity contribution in [2.24, 2.45) is 5.92 Å². The SMILES string of the molecule is CC(C)(C)NC(=O)CN1[C@@H]2CC[C@H]1CC(CNC(=O)C(C)(C)Oc1cccc(Cl)c1)C2. The van der Waals surface area contributed by atoms with Gasteiger partial charge in [-0.3, -0.25) is 14.5 Å². The molecule has 2 heterocycles. The molecule has 0 radical (unpaired) electrons. The molecule has 1 aromatic carbocycles. The maximum atomic E-state index is 12.8. The van der Waals surface area contributed by atoms with Crippen molar-refractivity contribution in [3.63, 3.8) is 0 Å². The molecular formula is C24H36ClN3O3.